The van der Waals surface area contributed by atoms with Crippen LogP contribution in [-0.4, -0.2) is 37.1 Å². The maximum absolute atomic E-state index is 5.82. The van der Waals surface area contributed by atoms with E-state index in [0.29, 0.717) is 5.15 Å². The molecule has 90 valence electrons. The molecule has 4 heteroatoms. The summed E-state index contributed by atoms with van der Waals surface area (Å²) in [6.45, 7) is 6.36. The van der Waals surface area contributed by atoms with Gasteiger partial charge in [0.15, 0.2) is 0 Å². The Morgan fingerprint density at radius 3 is 2.62 bits per heavy atom. The number of hydrogen-bond acceptors (Lipinski definition) is 3. The third-order valence-electron chi connectivity index (χ3n) is 2.21. The van der Waals surface area contributed by atoms with Crippen LogP contribution in [0.3, 0.4) is 0 Å². The van der Waals surface area contributed by atoms with Crippen LogP contribution >= 0.6 is 11.6 Å². The Bertz CT molecular complexity index is 337. The second-order valence-electron chi connectivity index (χ2n) is 5.10. The molecule has 0 unspecified atom stereocenters. The molecule has 1 aromatic heterocycles. The van der Waals surface area contributed by atoms with Crippen molar-refractivity contribution in [1.82, 2.24) is 9.88 Å². The molecule has 1 N–H and O–H groups in total. The van der Waals surface area contributed by atoms with Gasteiger partial charge in [-0.2, -0.15) is 0 Å². The lowest BCUT2D eigenvalue weighted by Crippen LogP contribution is -2.34. The Hall–Kier alpha value is -0.800. The highest BCUT2D eigenvalue weighted by atomic mass is 35.5. The molecule has 16 heavy (non-hydrogen) atoms. The van der Waals surface area contributed by atoms with Gasteiger partial charge in [0.05, 0.1) is 0 Å². The summed E-state index contributed by atoms with van der Waals surface area (Å²) < 4.78 is 0. The van der Waals surface area contributed by atoms with Gasteiger partial charge in [0, 0.05) is 13.1 Å². The van der Waals surface area contributed by atoms with Crippen LogP contribution in [0, 0.1) is 5.41 Å². The Balaban J connectivity index is 2.50. The van der Waals surface area contributed by atoms with E-state index in [0.717, 1.165) is 18.9 Å². The summed E-state index contributed by atoms with van der Waals surface area (Å²) in [6.07, 6.45) is 0. The molecule has 1 heterocycles. The molecule has 1 rings (SSSR count). The van der Waals surface area contributed by atoms with E-state index in [2.05, 4.69) is 43.1 Å². The summed E-state index contributed by atoms with van der Waals surface area (Å²) in [5, 5.41) is 3.83. The van der Waals surface area contributed by atoms with E-state index < -0.39 is 0 Å². The van der Waals surface area contributed by atoms with Crippen molar-refractivity contribution in [3.8, 4) is 0 Å². The summed E-state index contributed by atoms with van der Waals surface area (Å²) in [7, 11) is 4.17. The average Bonchev–Trinajstić information content (AvgIpc) is 2.13. The van der Waals surface area contributed by atoms with Crippen molar-refractivity contribution in [2.24, 2.45) is 5.41 Å². The van der Waals surface area contributed by atoms with Gasteiger partial charge in [0.2, 0.25) is 0 Å². The van der Waals surface area contributed by atoms with Crippen LogP contribution in [0.5, 0.6) is 0 Å². The number of pyridine rings is 1. The normalized spacial score (nSPS) is 11.9. The molecule has 0 aliphatic rings. The molecule has 0 aliphatic carbocycles. The Kier molecular flexibility index (Phi) is 4.56. The van der Waals surface area contributed by atoms with E-state index in [-0.39, 0.29) is 5.41 Å². The van der Waals surface area contributed by atoms with Gasteiger partial charge in [0.25, 0.3) is 0 Å². The minimum atomic E-state index is 0.202. The van der Waals surface area contributed by atoms with Crippen molar-refractivity contribution in [2.45, 2.75) is 13.8 Å². The van der Waals surface area contributed by atoms with Crippen molar-refractivity contribution >= 4 is 17.4 Å². The summed E-state index contributed by atoms with van der Waals surface area (Å²) >= 11 is 5.82. The van der Waals surface area contributed by atoms with Gasteiger partial charge in [-0.1, -0.05) is 31.5 Å². The average molecular weight is 242 g/mol. The molecule has 3 nitrogen and oxygen atoms in total. The number of nitrogens with one attached hydrogen (secondary N) is 1. The highest BCUT2D eigenvalue weighted by Gasteiger charge is 2.18. The van der Waals surface area contributed by atoms with E-state index in [9.17, 15) is 0 Å². The number of halogens is 1. The predicted molar refractivity (Wildman–Crippen MR) is 70.1 cm³/mol. The molecule has 0 aliphatic heterocycles. The molecule has 0 saturated carbocycles. The molecule has 0 bridgehead atoms. The lowest BCUT2D eigenvalue weighted by Gasteiger charge is -2.28. The topological polar surface area (TPSA) is 28.2 Å². The Labute approximate surface area is 103 Å². The number of nitrogens with zero attached hydrogens (tertiary/aromatic N) is 2. The van der Waals surface area contributed by atoms with Gasteiger partial charge in [-0.05, 0) is 31.6 Å². The zero-order valence-corrected chi connectivity index (χ0v) is 11.2. The lowest BCUT2D eigenvalue weighted by molar-refractivity contribution is 0.254. The van der Waals surface area contributed by atoms with Gasteiger partial charge in [-0.15, -0.1) is 0 Å². The third kappa shape index (κ3) is 4.81. The Morgan fingerprint density at radius 1 is 1.38 bits per heavy atom. The van der Waals surface area contributed by atoms with Gasteiger partial charge in [0.1, 0.15) is 11.0 Å². The third-order valence-corrected chi connectivity index (χ3v) is 2.42. The molecule has 0 saturated heterocycles. The van der Waals surface area contributed by atoms with E-state index in [1.54, 1.807) is 6.07 Å². The smallest absolute Gasteiger partial charge is 0.131 e. The molecular weight excluding hydrogens is 222 g/mol. The fourth-order valence-corrected chi connectivity index (χ4v) is 1.91. The second kappa shape index (κ2) is 5.51. The monoisotopic (exact) mass is 241 g/mol. The lowest BCUT2D eigenvalue weighted by atomic mass is 9.93. The summed E-state index contributed by atoms with van der Waals surface area (Å²) in [5.74, 6) is 0.833. The summed E-state index contributed by atoms with van der Waals surface area (Å²) in [6, 6.07) is 5.60. The van der Waals surface area contributed by atoms with Gasteiger partial charge < -0.3 is 10.2 Å². The standard InChI is InChI=1S/C12H20ClN3/c1-12(2,9-16(3)4)8-14-11-7-5-6-10(13)15-11/h5-7H,8-9H2,1-4H3,(H,14,15). The molecular formula is C12H20ClN3. The highest BCUT2D eigenvalue weighted by Crippen LogP contribution is 2.17. The van der Waals surface area contributed by atoms with E-state index in [1.807, 2.05) is 12.1 Å². The molecule has 0 radical (unpaired) electrons. The van der Waals surface area contributed by atoms with Crippen LogP contribution in [-0.2, 0) is 0 Å². The zero-order chi connectivity index (χ0) is 12.2. The fourth-order valence-electron chi connectivity index (χ4n) is 1.75. The number of aromatic nitrogens is 1. The minimum absolute atomic E-state index is 0.202. The number of rotatable bonds is 5. The first-order valence-electron chi connectivity index (χ1n) is 5.40. The van der Waals surface area contributed by atoms with E-state index >= 15 is 0 Å². The number of anilines is 1. The number of hydrogen-bond donors (Lipinski definition) is 1. The molecule has 0 amide bonds. The van der Waals surface area contributed by atoms with Gasteiger partial charge in [-0.25, -0.2) is 4.98 Å². The zero-order valence-electron chi connectivity index (χ0n) is 10.4. The first kappa shape index (κ1) is 13.3. The quantitative estimate of drug-likeness (QED) is 0.804. The van der Waals surface area contributed by atoms with Crippen LogP contribution in [0.15, 0.2) is 18.2 Å². The predicted octanol–water partition coefficient (Wildman–Crippen LogP) is 2.73. The molecule has 0 aromatic carbocycles. The van der Waals surface area contributed by atoms with Crippen LogP contribution in [0.4, 0.5) is 5.82 Å². The summed E-state index contributed by atoms with van der Waals surface area (Å²) in [5.41, 5.74) is 0.202. The van der Waals surface area contributed by atoms with E-state index in [4.69, 9.17) is 11.6 Å². The molecule has 0 spiro atoms. The highest BCUT2D eigenvalue weighted by molar-refractivity contribution is 6.29. The SMILES string of the molecule is CN(C)CC(C)(C)CNc1cccc(Cl)n1. The van der Waals surface area contributed by atoms with Crippen molar-refractivity contribution in [2.75, 3.05) is 32.5 Å². The van der Waals surface area contributed by atoms with Crippen LogP contribution < -0.4 is 5.32 Å². The van der Waals surface area contributed by atoms with Crippen LogP contribution in [0.1, 0.15) is 13.8 Å². The first-order chi connectivity index (χ1) is 7.39. The van der Waals surface area contributed by atoms with E-state index in [1.165, 1.54) is 0 Å². The largest absolute Gasteiger partial charge is 0.369 e. The maximum Gasteiger partial charge on any atom is 0.131 e. The molecule has 0 fully saturated rings. The second-order valence-corrected chi connectivity index (χ2v) is 5.49. The van der Waals surface area contributed by atoms with Crippen molar-refractivity contribution in [1.29, 1.82) is 0 Å². The molecule has 1 aromatic rings. The minimum Gasteiger partial charge on any atom is -0.369 e. The fraction of sp³-hybridized carbons (Fsp3) is 0.583. The Morgan fingerprint density at radius 2 is 2.06 bits per heavy atom. The van der Waals surface area contributed by atoms with Crippen molar-refractivity contribution < 1.29 is 0 Å². The van der Waals surface area contributed by atoms with Crippen LogP contribution in [0.2, 0.25) is 5.15 Å². The first-order valence-corrected chi connectivity index (χ1v) is 5.78. The summed E-state index contributed by atoms with van der Waals surface area (Å²) in [4.78, 5) is 6.38. The van der Waals surface area contributed by atoms with Gasteiger partial charge in [-0.3, -0.25) is 0 Å². The maximum atomic E-state index is 5.82. The van der Waals surface area contributed by atoms with Crippen LogP contribution in [0.25, 0.3) is 0 Å². The van der Waals surface area contributed by atoms with Crippen molar-refractivity contribution in [3.63, 3.8) is 0 Å². The van der Waals surface area contributed by atoms with Gasteiger partial charge >= 0.3 is 0 Å². The van der Waals surface area contributed by atoms with Crippen molar-refractivity contribution in [3.05, 3.63) is 23.4 Å². The molecule has 0 atom stereocenters.